The van der Waals surface area contributed by atoms with Gasteiger partial charge in [-0.3, -0.25) is 33.3 Å². The maximum Gasteiger partial charge on any atom is 0.490 e. The molecule has 75 heavy (non-hydrogen) atoms. The molecular formula is C46H60N5O21P3. The molecule has 2 aromatic carbocycles. The Balaban J connectivity index is 0.000000316. The fraction of sp³-hybridized carbons (Fsp3) is 0.391. The first-order chi connectivity index (χ1) is 35.3. The van der Waals surface area contributed by atoms with Crippen molar-refractivity contribution in [3.63, 3.8) is 0 Å². The number of aliphatic hydroxyl groups is 1. The number of fused-ring (bicyclic) bond motifs is 2. The van der Waals surface area contributed by atoms with Crippen LogP contribution in [0.5, 0.6) is 5.75 Å². The van der Waals surface area contributed by atoms with Crippen LogP contribution in [0.2, 0.25) is 0 Å². The topological polar surface area (TPSA) is 393 Å². The number of H-pyrrole nitrogens is 1. The van der Waals surface area contributed by atoms with E-state index in [0.29, 0.717) is 46.4 Å². The Morgan fingerprint density at radius 1 is 0.880 bits per heavy atom. The van der Waals surface area contributed by atoms with Crippen LogP contribution in [-0.4, -0.2) is 119 Å². The predicted octanol–water partition coefficient (Wildman–Crippen LogP) is 4.67. The van der Waals surface area contributed by atoms with Gasteiger partial charge >= 0.3 is 35.1 Å². The molecule has 10 N–H and O–H groups in total. The summed E-state index contributed by atoms with van der Waals surface area (Å²) in [6.45, 7) is 11.2. The van der Waals surface area contributed by atoms with Crippen LogP contribution in [0.4, 0.5) is 0 Å². The van der Waals surface area contributed by atoms with Crippen molar-refractivity contribution in [3.8, 4) is 28.2 Å². The molecule has 6 rings (SSSR count). The van der Waals surface area contributed by atoms with Gasteiger partial charge in [0.25, 0.3) is 5.56 Å². The summed E-state index contributed by atoms with van der Waals surface area (Å²) in [5, 5.41) is 35.5. The number of unbranched alkanes of at least 4 members (excludes halogenated alkanes) is 2. The minimum absolute atomic E-state index is 0.0124. The summed E-state index contributed by atoms with van der Waals surface area (Å²) < 4.78 is 57.8. The average molecular weight is 1110 g/mol. The highest BCUT2D eigenvalue weighted by molar-refractivity contribution is 7.66. The number of hydrogen-bond acceptors (Lipinski definition) is 17. The fourth-order valence-corrected chi connectivity index (χ4v) is 10.4. The number of carbonyl (C=O) groups excluding carboxylic acids is 2. The zero-order chi connectivity index (χ0) is 55.7. The number of phosphoric acid groups is 3. The highest BCUT2D eigenvalue weighted by Crippen LogP contribution is 2.66. The van der Waals surface area contributed by atoms with Crippen molar-refractivity contribution >= 4 is 58.3 Å². The summed E-state index contributed by atoms with van der Waals surface area (Å²) in [4.78, 5) is 111. The molecule has 0 bridgehead atoms. The molecule has 2 unspecified atom stereocenters. The lowest BCUT2D eigenvalue weighted by molar-refractivity contribution is -0.121. The van der Waals surface area contributed by atoms with E-state index in [1.807, 2.05) is 0 Å². The molecule has 1 saturated heterocycles. The zero-order valence-electron chi connectivity index (χ0n) is 41.1. The molecule has 2 amide bonds. The minimum Gasteiger partial charge on any atom is -0.508 e. The summed E-state index contributed by atoms with van der Waals surface area (Å²) in [7, 11) is -16.8. The third kappa shape index (κ3) is 19.6. The SMILES string of the molecule is CC(=O)NCCCCCC(=O)NC/C=C/c1cn([C@H]2C[C@@H](O)[C@@H](COP(=O)(O)OP(=O)(O)OP(=O)(O)O)O2)c(=O)[nH]c1=O.CCN(CC)CC.O=C(O)c1ccccc1-c1c2ccc(=O)cc-2oc2cc(O)ccc12. The molecule has 29 heteroatoms. The van der Waals surface area contributed by atoms with Gasteiger partial charge in [0, 0.05) is 67.7 Å². The number of carboxylic acids is 1. The molecule has 1 aliphatic carbocycles. The molecule has 1 aromatic heterocycles. The number of aromatic carboxylic acids is 1. The number of carbonyl (C=O) groups is 3. The number of phosphoric ester groups is 1. The number of benzene rings is 3. The van der Waals surface area contributed by atoms with Crippen LogP contribution in [0, 0.1) is 0 Å². The van der Waals surface area contributed by atoms with Crippen molar-refractivity contribution < 1.29 is 85.3 Å². The monoisotopic (exact) mass is 1110 g/mol. The van der Waals surface area contributed by atoms with Crippen LogP contribution in [0.25, 0.3) is 39.5 Å². The van der Waals surface area contributed by atoms with Crippen molar-refractivity contribution in [1.29, 1.82) is 0 Å². The van der Waals surface area contributed by atoms with Crippen LogP contribution in [0.3, 0.4) is 0 Å². The van der Waals surface area contributed by atoms with E-state index in [9.17, 15) is 67.6 Å². The third-order valence-corrected chi connectivity index (χ3v) is 14.7. The first kappa shape index (κ1) is 61.6. The van der Waals surface area contributed by atoms with Gasteiger partial charge in [-0.1, -0.05) is 57.5 Å². The number of carboxylic acid groups (broad SMARTS) is 1. The second kappa shape index (κ2) is 28.3. The van der Waals surface area contributed by atoms with Crippen molar-refractivity contribution in [1.82, 2.24) is 25.1 Å². The Hall–Kier alpha value is -5.95. The first-order valence-electron chi connectivity index (χ1n) is 23.2. The van der Waals surface area contributed by atoms with E-state index in [4.69, 9.17) is 18.9 Å². The number of phenols is 1. The largest absolute Gasteiger partial charge is 0.508 e. The van der Waals surface area contributed by atoms with Gasteiger partial charge in [0.1, 0.15) is 29.4 Å². The van der Waals surface area contributed by atoms with E-state index in [1.165, 1.54) is 69.0 Å². The Morgan fingerprint density at radius 2 is 1.57 bits per heavy atom. The molecule has 0 radical (unpaired) electrons. The maximum absolute atomic E-state index is 12.4. The summed E-state index contributed by atoms with van der Waals surface area (Å²) >= 11 is 0. The van der Waals surface area contributed by atoms with Crippen molar-refractivity contribution in [3.05, 3.63) is 115 Å². The maximum atomic E-state index is 12.4. The van der Waals surface area contributed by atoms with Crippen LogP contribution in [-0.2, 0) is 41.2 Å². The highest BCUT2D eigenvalue weighted by Gasteiger charge is 2.43. The molecule has 2 aliphatic heterocycles. The lowest BCUT2D eigenvalue weighted by Gasteiger charge is -2.19. The normalized spacial score (nSPS) is 17.1. The van der Waals surface area contributed by atoms with Gasteiger partial charge < -0.3 is 59.6 Å². The summed E-state index contributed by atoms with van der Waals surface area (Å²) in [6.07, 6.45) is 2.02. The summed E-state index contributed by atoms with van der Waals surface area (Å²) in [5.74, 6) is -1.04. The van der Waals surface area contributed by atoms with Gasteiger partial charge in [-0.05, 0) is 68.4 Å². The lowest BCUT2D eigenvalue weighted by atomic mass is 9.91. The lowest BCUT2D eigenvalue weighted by Crippen LogP contribution is -2.33. The van der Waals surface area contributed by atoms with E-state index in [1.54, 1.807) is 30.3 Å². The molecule has 1 fully saturated rings. The average Bonchev–Trinajstić information content (AvgIpc) is 3.69. The van der Waals surface area contributed by atoms with Crippen LogP contribution >= 0.6 is 23.5 Å². The van der Waals surface area contributed by atoms with E-state index in [0.717, 1.165) is 23.6 Å². The molecule has 3 heterocycles. The van der Waals surface area contributed by atoms with Gasteiger partial charge in [0.15, 0.2) is 5.43 Å². The second-order valence-corrected chi connectivity index (χ2v) is 20.8. The van der Waals surface area contributed by atoms with Gasteiger partial charge in [-0.2, -0.15) is 8.62 Å². The molecule has 3 aromatic rings. The number of hydrogen-bond donors (Lipinski definition) is 10. The Morgan fingerprint density at radius 3 is 2.21 bits per heavy atom. The van der Waals surface area contributed by atoms with Crippen molar-refractivity contribution in [2.45, 2.75) is 78.2 Å². The van der Waals surface area contributed by atoms with E-state index < -0.39 is 65.7 Å². The zero-order valence-corrected chi connectivity index (χ0v) is 43.8. The number of phenolic OH excluding ortho intramolecular Hbond substituents is 1. The summed E-state index contributed by atoms with van der Waals surface area (Å²) in [5.41, 5.74) is 0.412. The number of aromatic amines is 1. The van der Waals surface area contributed by atoms with Gasteiger partial charge in [0.2, 0.25) is 11.8 Å². The number of nitrogens with zero attached hydrogens (tertiary/aromatic N) is 2. The fourth-order valence-electron chi connectivity index (χ4n) is 7.35. The number of rotatable bonds is 22. The van der Waals surface area contributed by atoms with Crippen LogP contribution in [0.1, 0.15) is 81.9 Å². The number of nitrogens with one attached hydrogen (secondary N) is 3. The van der Waals surface area contributed by atoms with Crippen molar-refractivity contribution in [2.75, 3.05) is 39.3 Å². The third-order valence-electron chi connectivity index (χ3n) is 10.9. The van der Waals surface area contributed by atoms with E-state index in [-0.39, 0.29) is 53.5 Å². The number of amides is 2. The second-order valence-electron chi connectivity index (χ2n) is 16.4. The minimum atomic E-state index is -5.74. The van der Waals surface area contributed by atoms with Gasteiger partial charge in [-0.25, -0.2) is 23.3 Å². The molecule has 5 atom stereocenters. The molecule has 3 aliphatic rings. The Kier molecular flexibility index (Phi) is 23.2. The van der Waals surface area contributed by atoms with Crippen LogP contribution < -0.4 is 27.3 Å². The molecule has 26 nitrogen and oxygen atoms in total. The number of ether oxygens (including phenoxy) is 1. The van der Waals surface area contributed by atoms with Gasteiger partial charge in [-0.15, -0.1) is 0 Å². The first-order valence-corrected chi connectivity index (χ1v) is 27.7. The predicted molar refractivity (Wildman–Crippen MR) is 271 cm³/mol. The molecule has 410 valence electrons. The number of aromatic nitrogens is 2. The summed E-state index contributed by atoms with van der Waals surface area (Å²) in [6, 6.07) is 15.7. The van der Waals surface area contributed by atoms with E-state index in [2.05, 4.69) is 54.4 Å². The highest BCUT2D eigenvalue weighted by atomic mass is 31.3. The molecular weight excluding hydrogens is 1050 g/mol. The quantitative estimate of drug-likeness (QED) is 0.0256. The molecule has 0 spiro atoms. The number of aliphatic hydroxyl groups excluding tert-OH is 1. The van der Waals surface area contributed by atoms with Crippen LogP contribution in [0.15, 0.2) is 91.7 Å². The smallest absolute Gasteiger partial charge is 0.490 e. The van der Waals surface area contributed by atoms with Gasteiger partial charge in [0.05, 0.1) is 23.8 Å². The Labute approximate surface area is 428 Å². The van der Waals surface area contributed by atoms with E-state index >= 15 is 0 Å². The molecule has 0 saturated carbocycles. The Bertz CT molecular complexity index is 3090. The number of aromatic hydroxyl groups is 1. The standard InChI is InChI=1S/C20H33N4O16P3.C20H12O5.C6H15N/c1-13(25)21-8-4-2-3-7-17(27)22-9-5-6-14-11-24(20(29)23-19(14)28)18-10-15(26)16(38-18)12-37-42(33,34)40-43(35,36)39-41(30,31)32;21-11-5-7-15-17(9-11)25-18-10-12(22)6-8-16(18)19(15)13-3-1-2-4-14(13)20(23)24;1-4-7(5-2)6-3/h5-6,11,15-16,18,26H,2-4,7-10,12H2,1H3,(H,21,25)(H,22,27)(H,33,34)(H,35,36)(H,23,28,29)(H2,30,31,32);1-10,21H,(H,23,24);4-6H2,1-3H3/b6-5+;;/t15-,16-,18-;;/m1../s1. The van der Waals surface area contributed by atoms with Crippen molar-refractivity contribution in [2.24, 2.45) is 0 Å².